The highest BCUT2D eigenvalue weighted by Gasteiger charge is 2.13. The fourth-order valence-electron chi connectivity index (χ4n) is 2.35. The van der Waals surface area contributed by atoms with Crippen molar-refractivity contribution in [2.75, 3.05) is 6.61 Å². The first-order valence-corrected chi connectivity index (χ1v) is 9.69. The van der Waals surface area contributed by atoms with Crippen molar-refractivity contribution in [2.24, 2.45) is 0 Å². The van der Waals surface area contributed by atoms with Crippen molar-refractivity contribution < 1.29 is 19.8 Å². The van der Waals surface area contributed by atoms with E-state index in [1.807, 2.05) is 29.0 Å². The van der Waals surface area contributed by atoms with Gasteiger partial charge in [-0.1, -0.05) is 40.9 Å². The number of hydrogen-bond donors (Lipinski definition) is 1. The molecule has 8 nitrogen and oxygen atoms in total. The van der Waals surface area contributed by atoms with Gasteiger partial charge in [-0.15, -0.1) is 10.1 Å². The van der Waals surface area contributed by atoms with E-state index < -0.39 is 5.09 Å². The Morgan fingerprint density at radius 1 is 1.13 bits per heavy atom. The maximum absolute atomic E-state index is 8.36. The van der Waals surface area contributed by atoms with Crippen LogP contribution in [0.25, 0.3) is 0 Å². The fraction of sp³-hybridized carbons (Fsp3) is 0.211. The smallest absolute Gasteiger partial charge is 0.291 e. The molecule has 0 amide bonds. The molecule has 1 unspecified atom stereocenters. The SMILES string of the molecule is Clc1ccc(OCC(Cn2ccnc2)OCc2ccc(Cl)cc2Cl)cc1.O=[N+]([O-])O. The lowest BCUT2D eigenvalue weighted by molar-refractivity contribution is -0.742. The molecule has 1 atom stereocenters. The molecule has 0 radical (unpaired) electrons. The minimum atomic E-state index is -1.50. The van der Waals surface area contributed by atoms with Crippen molar-refractivity contribution in [1.82, 2.24) is 9.55 Å². The average molecular weight is 475 g/mol. The molecule has 0 fully saturated rings. The molecular weight excluding hydrogens is 457 g/mol. The number of imidazole rings is 1. The molecule has 160 valence electrons. The normalized spacial score (nSPS) is 11.3. The van der Waals surface area contributed by atoms with Crippen molar-refractivity contribution in [1.29, 1.82) is 0 Å². The van der Waals surface area contributed by atoms with Gasteiger partial charge in [-0.3, -0.25) is 0 Å². The second kappa shape index (κ2) is 12.2. The van der Waals surface area contributed by atoms with Crippen molar-refractivity contribution in [3.63, 3.8) is 0 Å². The van der Waals surface area contributed by atoms with Crippen molar-refractivity contribution >= 4 is 34.8 Å². The van der Waals surface area contributed by atoms with E-state index in [1.165, 1.54) is 0 Å². The summed E-state index contributed by atoms with van der Waals surface area (Å²) in [5.41, 5.74) is 0.873. The van der Waals surface area contributed by atoms with Crippen LogP contribution in [0.5, 0.6) is 5.75 Å². The van der Waals surface area contributed by atoms with E-state index in [0.717, 1.165) is 11.3 Å². The summed E-state index contributed by atoms with van der Waals surface area (Å²) >= 11 is 18.1. The average Bonchev–Trinajstić information content (AvgIpc) is 3.19. The Morgan fingerprint density at radius 2 is 1.80 bits per heavy atom. The van der Waals surface area contributed by atoms with Crippen LogP contribution in [0.1, 0.15) is 5.56 Å². The third kappa shape index (κ3) is 8.87. The number of nitrogens with zero attached hydrogens (tertiary/aromatic N) is 3. The van der Waals surface area contributed by atoms with E-state index in [-0.39, 0.29) is 6.10 Å². The molecule has 0 aliphatic rings. The number of ether oxygens (including phenoxy) is 2. The van der Waals surface area contributed by atoms with Crippen LogP contribution in [0, 0.1) is 10.1 Å². The van der Waals surface area contributed by atoms with Crippen LogP contribution in [-0.2, 0) is 17.9 Å². The van der Waals surface area contributed by atoms with Gasteiger partial charge in [0.1, 0.15) is 18.5 Å². The molecule has 0 aliphatic carbocycles. The predicted molar refractivity (Wildman–Crippen MR) is 113 cm³/mol. The van der Waals surface area contributed by atoms with E-state index in [2.05, 4.69) is 4.98 Å². The van der Waals surface area contributed by atoms with Gasteiger partial charge in [0, 0.05) is 27.5 Å². The van der Waals surface area contributed by atoms with Gasteiger partial charge < -0.3 is 19.2 Å². The summed E-state index contributed by atoms with van der Waals surface area (Å²) in [6.45, 7) is 1.35. The zero-order chi connectivity index (χ0) is 21.9. The first kappa shape index (κ1) is 23.8. The van der Waals surface area contributed by atoms with Crippen LogP contribution in [0.2, 0.25) is 15.1 Å². The lowest BCUT2D eigenvalue weighted by atomic mass is 10.2. The topological polar surface area (TPSA) is 99.7 Å². The van der Waals surface area contributed by atoms with E-state index in [1.54, 1.807) is 36.8 Å². The summed E-state index contributed by atoms with van der Waals surface area (Å²) < 4.78 is 13.8. The number of hydrogen-bond acceptors (Lipinski definition) is 5. The van der Waals surface area contributed by atoms with Gasteiger partial charge in [0.25, 0.3) is 5.09 Å². The van der Waals surface area contributed by atoms with Gasteiger partial charge in [-0.05, 0) is 42.0 Å². The lowest BCUT2D eigenvalue weighted by Crippen LogP contribution is -2.26. The van der Waals surface area contributed by atoms with Gasteiger partial charge in [-0.25, -0.2) is 4.98 Å². The fourth-order valence-corrected chi connectivity index (χ4v) is 2.94. The molecule has 30 heavy (non-hydrogen) atoms. The van der Waals surface area contributed by atoms with Crippen LogP contribution in [0.3, 0.4) is 0 Å². The summed E-state index contributed by atoms with van der Waals surface area (Å²) in [4.78, 5) is 12.4. The third-order valence-electron chi connectivity index (χ3n) is 3.71. The zero-order valence-corrected chi connectivity index (χ0v) is 17.8. The maximum Gasteiger partial charge on any atom is 0.291 e. The van der Waals surface area contributed by atoms with E-state index >= 15 is 0 Å². The molecule has 3 aromatic rings. The summed E-state index contributed by atoms with van der Waals surface area (Å²) in [6, 6.07) is 12.6. The monoisotopic (exact) mass is 473 g/mol. The highest BCUT2D eigenvalue weighted by atomic mass is 35.5. The summed E-state index contributed by atoms with van der Waals surface area (Å²) in [5.74, 6) is 0.734. The third-order valence-corrected chi connectivity index (χ3v) is 4.55. The Kier molecular flexibility index (Phi) is 9.69. The molecule has 2 aromatic carbocycles. The molecule has 0 aliphatic heterocycles. The van der Waals surface area contributed by atoms with Crippen LogP contribution < -0.4 is 4.74 Å². The molecule has 1 aromatic heterocycles. The standard InChI is InChI=1S/C19H17Cl3N2O2.HNO3/c20-15-3-5-17(6-4-15)26-12-18(10-24-8-7-23-13-24)25-11-14-1-2-16(21)9-19(14)22;2-1(3)4/h1-9,13,18H,10-12H2;(H,2,3,4). The summed E-state index contributed by atoms with van der Waals surface area (Å²) in [5, 5.41) is 15.5. The van der Waals surface area contributed by atoms with Crippen LogP contribution in [-0.4, -0.2) is 32.6 Å². The largest absolute Gasteiger partial charge is 0.491 e. The van der Waals surface area contributed by atoms with Crippen molar-refractivity contribution in [2.45, 2.75) is 19.3 Å². The second-order valence-electron chi connectivity index (χ2n) is 5.93. The predicted octanol–water partition coefficient (Wildman–Crippen LogP) is 5.16. The molecule has 0 saturated carbocycles. The molecular formula is C19H18Cl3N3O5. The lowest BCUT2D eigenvalue weighted by Gasteiger charge is -2.19. The molecule has 1 heterocycles. The minimum Gasteiger partial charge on any atom is -0.491 e. The Hall–Kier alpha value is -2.52. The molecule has 3 rings (SSSR count). The van der Waals surface area contributed by atoms with Gasteiger partial charge in [0.15, 0.2) is 0 Å². The molecule has 0 saturated heterocycles. The summed E-state index contributed by atoms with van der Waals surface area (Å²) in [7, 11) is 0. The first-order valence-electron chi connectivity index (χ1n) is 8.56. The number of rotatable bonds is 8. The second-order valence-corrected chi connectivity index (χ2v) is 7.21. The number of halogens is 3. The first-order chi connectivity index (χ1) is 14.3. The Balaban J connectivity index is 0.000000735. The van der Waals surface area contributed by atoms with Crippen molar-refractivity contribution in [3.8, 4) is 5.75 Å². The van der Waals surface area contributed by atoms with E-state index in [4.69, 9.17) is 59.6 Å². The van der Waals surface area contributed by atoms with Gasteiger partial charge in [-0.2, -0.15) is 0 Å². The van der Waals surface area contributed by atoms with Crippen LogP contribution in [0.4, 0.5) is 0 Å². The maximum atomic E-state index is 8.36. The number of aromatic nitrogens is 2. The highest BCUT2D eigenvalue weighted by Crippen LogP contribution is 2.22. The Labute approximate surface area is 187 Å². The van der Waals surface area contributed by atoms with E-state index in [0.29, 0.717) is 34.8 Å². The van der Waals surface area contributed by atoms with Gasteiger partial charge in [0.05, 0.1) is 19.5 Å². The Bertz CT molecular complexity index is 920. The highest BCUT2D eigenvalue weighted by molar-refractivity contribution is 6.35. The van der Waals surface area contributed by atoms with Crippen LogP contribution in [0.15, 0.2) is 61.2 Å². The zero-order valence-electron chi connectivity index (χ0n) is 15.5. The number of benzene rings is 2. The van der Waals surface area contributed by atoms with Crippen LogP contribution >= 0.6 is 34.8 Å². The van der Waals surface area contributed by atoms with Crippen molar-refractivity contribution in [3.05, 3.63) is 91.9 Å². The Morgan fingerprint density at radius 3 is 2.40 bits per heavy atom. The van der Waals surface area contributed by atoms with Gasteiger partial charge >= 0.3 is 0 Å². The summed E-state index contributed by atoms with van der Waals surface area (Å²) in [6.07, 6.45) is 5.17. The molecule has 0 bridgehead atoms. The molecule has 0 spiro atoms. The van der Waals surface area contributed by atoms with Gasteiger partial charge in [0.2, 0.25) is 0 Å². The minimum absolute atomic E-state index is 0.188. The quantitative estimate of drug-likeness (QED) is 0.357. The molecule has 1 N–H and O–H groups in total. The van der Waals surface area contributed by atoms with E-state index in [9.17, 15) is 0 Å². The molecule has 11 heteroatoms.